The van der Waals surface area contributed by atoms with E-state index in [2.05, 4.69) is 312 Å². The van der Waals surface area contributed by atoms with Crippen molar-refractivity contribution in [1.82, 2.24) is 9.13 Å². The lowest BCUT2D eigenvalue weighted by molar-refractivity contribution is 0.748. The lowest BCUT2D eigenvalue weighted by atomic mass is 9.65. The van der Waals surface area contributed by atoms with Gasteiger partial charge in [-0.3, -0.25) is 0 Å². The molecule has 0 saturated carbocycles. The maximum atomic E-state index is 2.57. The summed E-state index contributed by atoms with van der Waals surface area (Å²) in [6.45, 7) is 0. The Morgan fingerprint density at radius 1 is 0.193 bits per heavy atom. The Labute approximate surface area is 507 Å². The van der Waals surface area contributed by atoms with E-state index in [0.717, 1.165) is 0 Å². The molecule has 15 aromatic carbocycles. The van der Waals surface area contributed by atoms with E-state index >= 15 is 0 Å². The molecule has 0 N–H and O–H groups in total. The van der Waals surface area contributed by atoms with Crippen LogP contribution in [0.5, 0.6) is 0 Å². The second-order valence-electron chi connectivity index (χ2n) is 24.8. The van der Waals surface area contributed by atoms with Crippen molar-refractivity contribution in [3.05, 3.63) is 348 Å². The fourth-order valence-corrected chi connectivity index (χ4v) is 18.0. The molecule has 2 aromatic heterocycles. The standard InChI is InChI=1S/C86H50N2/c1-2-24-52-51(22-1)23-15-31-57(52)80-60-32-16-29-53(58-34-18-42-72-81(58)64-27-3-7-38-68(64)85(72)70-40-9-13-48-78(70)87-76-46-11-5-25-55(76)62-36-20-44-74(85)83(62)87)66(60)50-67-54(30-17-33-61(67)80)59-35-19-43-73-82(59)65-28-4-8-39-69(65)86(73)71-41-10-14-49-79(71)88-77-47-12-6-26-56(77)63-37-21-45-75(86)84(63)88/h1-50H. The molecule has 17 aromatic rings. The number of fused-ring (bicyclic) bond motifs is 27. The molecule has 0 bridgehead atoms. The molecule has 4 heterocycles. The Morgan fingerprint density at radius 2 is 0.534 bits per heavy atom. The minimum atomic E-state index is -0.580. The number of para-hydroxylation sites is 6. The molecule has 2 aliphatic carbocycles. The Morgan fingerprint density at radius 3 is 1.08 bits per heavy atom. The fraction of sp³-hybridized carbons (Fsp3) is 0.0233. The first kappa shape index (κ1) is 47.0. The van der Waals surface area contributed by atoms with Crippen LogP contribution in [0.2, 0.25) is 0 Å². The van der Waals surface area contributed by atoms with Crippen molar-refractivity contribution in [2.75, 3.05) is 0 Å². The van der Waals surface area contributed by atoms with Gasteiger partial charge in [0, 0.05) is 21.5 Å². The Kier molecular flexibility index (Phi) is 8.95. The molecular formula is C86H50N2. The lowest BCUT2D eigenvalue weighted by Crippen LogP contribution is -2.33. The summed E-state index contributed by atoms with van der Waals surface area (Å²) < 4.78 is 5.09. The highest BCUT2D eigenvalue weighted by molar-refractivity contribution is 6.23. The minimum absolute atomic E-state index is 0.580. The molecule has 88 heavy (non-hydrogen) atoms. The van der Waals surface area contributed by atoms with Gasteiger partial charge in [0.2, 0.25) is 0 Å². The van der Waals surface area contributed by atoms with Crippen molar-refractivity contribution in [2.45, 2.75) is 10.8 Å². The summed E-state index contributed by atoms with van der Waals surface area (Å²) in [4.78, 5) is 0. The average Bonchev–Trinajstić information content (AvgIpc) is 1.50. The van der Waals surface area contributed by atoms with E-state index in [9.17, 15) is 0 Å². The van der Waals surface area contributed by atoms with E-state index in [1.165, 1.54) is 187 Å². The van der Waals surface area contributed by atoms with Gasteiger partial charge in [0.25, 0.3) is 0 Å². The zero-order chi connectivity index (χ0) is 57.1. The van der Waals surface area contributed by atoms with Crippen LogP contribution in [0.1, 0.15) is 44.5 Å². The third-order valence-electron chi connectivity index (χ3n) is 21.1. The highest BCUT2D eigenvalue weighted by Gasteiger charge is 2.53. The largest absolute Gasteiger partial charge is 0.309 e. The average molecular weight is 1110 g/mol. The van der Waals surface area contributed by atoms with Gasteiger partial charge in [-0.25, -0.2) is 0 Å². The molecule has 2 atom stereocenters. The van der Waals surface area contributed by atoms with Gasteiger partial charge < -0.3 is 9.13 Å². The molecule has 4 aliphatic rings. The van der Waals surface area contributed by atoms with Crippen molar-refractivity contribution in [2.24, 2.45) is 0 Å². The lowest BCUT2D eigenvalue weighted by Gasteiger charge is -2.39. The molecule has 0 fully saturated rings. The van der Waals surface area contributed by atoms with Gasteiger partial charge >= 0.3 is 0 Å². The predicted molar refractivity (Wildman–Crippen MR) is 366 cm³/mol. The van der Waals surface area contributed by atoms with Crippen molar-refractivity contribution in [3.63, 3.8) is 0 Å². The topological polar surface area (TPSA) is 9.86 Å². The van der Waals surface area contributed by atoms with Gasteiger partial charge in [0.05, 0.1) is 44.3 Å². The van der Waals surface area contributed by atoms with Crippen LogP contribution < -0.4 is 0 Å². The molecule has 2 nitrogen and oxygen atoms in total. The van der Waals surface area contributed by atoms with E-state index in [0.29, 0.717) is 0 Å². The first-order chi connectivity index (χ1) is 43.7. The van der Waals surface area contributed by atoms with E-state index in [4.69, 9.17) is 0 Å². The minimum Gasteiger partial charge on any atom is -0.309 e. The van der Waals surface area contributed by atoms with Crippen molar-refractivity contribution in [3.8, 4) is 67.0 Å². The van der Waals surface area contributed by atoms with E-state index in [1.807, 2.05) is 0 Å². The molecular weight excluding hydrogens is 1060 g/mol. The third kappa shape index (κ3) is 5.49. The Balaban J connectivity index is 0.867. The highest BCUT2D eigenvalue weighted by Crippen LogP contribution is 2.65. The van der Waals surface area contributed by atoms with Crippen LogP contribution in [-0.2, 0) is 10.8 Å². The smallest absolute Gasteiger partial charge is 0.0754 e. The maximum Gasteiger partial charge on any atom is 0.0754 e. The second kappa shape index (κ2) is 16.8. The summed E-state index contributed by atoms with van der Waals surface area (Å²) in [7, 11) is 0. The first-order valence-corrected chi connectivity index (χ1v) is 30.9. The number of hydrogen-bond donors (Lipinski definition) is 0. The monoisotopic (exact) mass is 1110 g/mol. The number of aromatic nitrogens is 2. The van der Waals surface area contributed by atoms with Crippen LogP contribution in [0.3, 0.4) is 0 Å². The van der Waals surface area contributed by atoms with Crippen LogP contribution >= 0.6 is 0 Å². The summed E-state index contributed by atoms with van der Waals surface area (Å²) in [6.07, 6.45) is 0. The van der Waals surface area contributed by atoms with Gasteiger partial charge in [0.15, 0.2) is 0 Å². The molecule has 2 heteroatoms. The van der Waals surface area contributed by atoms with Crippen LogP contribution in [-0.4, -0.2) is 9.13 Å². The van der Waals surface area contributed by atoms with Gasteiger partial charge in [-0.1, -0.05) is 273 Å². The van der Waals surface area contributed by atoms with Gasteiger partial charge in [-0.15, -0.1) is 0 Å². The van der Waals surface area contributed by atoms with Gasteiger partial charge in [-0.2, -0.15) is 0 Å². The molecule has 2 unspecified atom stereocenters. The summed E-state index contributed by atoms with van der Waals surface area (Å²) in [6, 6.07) is 116. The molecule has 21 rings (SSSR count). The predicted octanol–water partition coefficient (Wildman–Crippen LogP) is 21.7. The number of nitrogens with zero attached hydrogens (tertiary/aromatic N) is 2. The first-order valence-electron chi connectivity index (χ1n) is 30.9. The van der Waals surface area contributed by atoms with Crippen LogP contribution in [0.15, 0.2) is 303 Å². The third-order valence-corrected chi connectivity index (χ3v) is 21.1. The Hall–Kier alpha value is -11.3. The fourth-order valence-electron chi connectivity index (χ4n) is 18.0. The van der Waals surface area contributed by atoms with Crippen LogP contribution in [0.4, 0.5) is 0 Å². The van der Waals surface area contributed by atoms with Crippen LogP contribution in [0, 0.1) is 0 Å². The van der Waals surface area contributed by atoms with Crippen molar-refractivity contribution < 1.29 is 0 Å². The zero-order valence-corrected chi connectivity index (χ0v) is 47.8. The molecule has 0 radical (unpaired) electrons. The summed E-state index contributed by atoms with van der Waals surface area (Å²) in [5.74, 6) is 0. The van der Waals surface area contributed by atoms with E-state index in [1.54, 1.807) is 0 Å². The highest BCUT2D eigenvalue weighted by atomic mass is 15.0. The van der Waals surface area contributed by atoms with Gasteiger partial charge in [0.1, 0.15) is 0 Å². The molecule has 0 saturated heterocycles. The Bertz CT molecular complexity index is 5690. The summed E-state index contributed by atoms with van der Waals surface area (Å²) in [5, 5.41) is 12.5. The maximum absolute atomic E-state index is 2.57. The SMILES string of the molecule is c1ccc2c(c1)-c1c(-c3cccc4c(-c5cccc6ccccc56)c5cccc(-c6cccc7c6-c6ccccc6C76c7ccccc7-n7c8ccccc8c8cccc6c87)c5cc34)cccc1C21c2ccccc2-n2c3ccccc3c3cccc1c32. The molecule has 2 spiro atoms. The van der Waals surface area contributed by atoms with Gasteiger partial charge in [-0.05, 0) is 163 Å². The van der Waals surface area contributed by atoms with E-state index < -0.39 is 10.8 Å². The number of hydrogen-bond acceptors (Lipinski definition) is 0. The molecule has 0 amide bonds. The van der Waals surface area contributed by atoms with E-state index in [-0.39, 0.29) is 0 Å². The van der Waals surface area contributed by atoms with Crippen molar-refractivity contribution >= 4 is 75.9 Å². The van der Waals surface area contributed by atoms with Crippen molar-refractivity contribution in [1.29, 1.82) is 0 Å². The number of benzene rings is 15. The van der Waals surface area contributed by atoms with Crippen LogP contribution in [0.25, 0.3) is 143 Å². The zero-order valence-electron chi connectivity index (χ0n) is 47.8. The quantitative estimate of drug-likeness (QED) is 0.156. The summed E-state index contributed by atoms with van der Waals surface area (Å²) in [5.41, 5.74) is 29.5. The summed E-state index contributed by atoms with van der Waals surface area (Å²) >= 11 is 0. The molecule has 2 aliphatic heterocycles. The molecule has 404 valence electrons. The number of rotatable bonds is 3. The normalized spacial score (nSPS) is 16.3. The second-order valence-corrected chi connectivity index (χ2v) is 24.8.